The number of sulfone groups is 1. The molecule has 0 saturated carbocycles. The maximum atomic E-state index is 12.4. The van der Waals surface area contributed by atoms with Crippen LogP contribution in [0.3, 0.4) is 0 Å². The van der Waals surface area contributed by atoms with E-state index in [4.69, 9.17) is 21.1 Å². The van der Waals surface area contributed by atoms with Gasteiger partial charge in [-0.15, -0.1) is 0 Å². The molecule has 0 aliphatic carbocycles. The lowest BCUT2D eigenvalue weighted by Gasteiger charge is -2.28. The molecule has 1 aliphatic heterocycles. The number of rotatable bonds is 7. The fourth-order valence-corrected chi connectivity index (χ4v) is 4.33. The van der Waals surface area contributed by atoms with Crippen LogP contribution in [0, 0.1) is 0 Å². The predicted octanol–water partition coefficient (Wildman–Crippen LogP) is 1.52. The maximum absolute atomic E-state index is 12.4. The van der Waals surface area contributed by atoms with Crippen LogP contribution in [0.4, 0.5) is 4.79 Å². The van der Waals surface area contributed by atoms with Crippen LogP contribution < -0.4 is 10.1 Å². The summed E-state index contributed by atoms with van der Waals surface area (Å²) in [6.07, 6.45) is 0.442. The Hall–Kier alpha value is -1.51. The average molecular weight is 377 g/mol. The Kier molecular flexibility index (Phi) is 6.70. The number of halogens is 1. The lowest BCUT2D eigenvalue weighted by atomic mass is 10.2. The second kappa shape index (κ2) is 8.55. The molecule has 0 radical (unpaired) electrons. The lowest BCUT2D eigenvalue weighted by molar-refractivity contribution is 0.129. The number of nitrogens with one attached hydrogen (secondary N) is 1. The van der Waals surface area contributed by atoms with Gasteiger partial charge in [-0.05, 0) is 30.7 Å². The predicted molar refractivity (Wildman–Crippen MR) is 91.1 cm³/mol. The van der Waals surface area contributed by atoms with E-state index >= 15 is 0 Å². The molecule has 2 amide bonds. The van der Waals surface area contributed by atoms with E-state index in [1.54, 1.807) is 24.3 Å². The maximum Gasteiger partial charge on any atom is 0.320 e. The van der Waals surface area contributed by atoms with Crippen molar-refractivity contribution in [1.29, 1.82) is 0 Å². The minimum atomic E-state index is -3.07. The van der Waals surface area contributed by atoms with Gasteiger partial charge in [0, 0.05) is 24.7 Å². The van der Waals surface area contributed by atoms with Crippen molar-refractivity contribution in [2.75, 3.05) is 38.5 Å². The molecule has 1 N–H and O–H groups in total. The van der Waals surface area contributed by atoms with Crippen molar-refractivity contribution >= 4 is 27.5 Å². The molecule has 1 aromatic carbocycles. The third kappa shape index (κ3) is 5.54. The zero-order chi connectivity index (χ0) is 17.6. The molecule has 9 heteroatoms. The lowest BCUT2D eigenvalue weighted by Crippen LogP contribution is -2.49. The summed E-state index contributed by atoms with van der Waals surface area (Å²) in [4.78, 5) is 13.9. The van der Waals surface area contributed by atoms with Gasteiger partial charge in [-0.1, -0.05) is 11.6 Å². The van der Waals surface area contributed by atoms with Crippen molar-refractivity contribution in [3.8, 4) is 5.75 Å². The molecule has 134 valence electrons. The van der Waals surface area contributed by atoms with E-state index in [1.165, 1.54) is 12.0 Å². The fourth-order valence-electron chi connectivity index (χ4n) is 2.47. The van der Waals surface area contributed by atoms with Crippen LogP contribution in [0.1, 0.15) is 6.42 Å². The summed E-state index contributed by atoms with van der Waals surface area (Å²) in [6, 6.07) is 6.06. The number of carbonyl (C=O) groups is 1. The second-order valence-electron chi connectivity index (χ2n) is 5.47. The van der Waals surface area contributed by atoms with Crippen molar-refractivity contribution < 1.29 is 22.7 Å². The molecule has 1 heterocycles. The molecule has 0 bridgehead atoms. The van der Waals surface area contributed by atoms with Gasteiger partial charge in [0.15, 0.2) is 16.6 Å². The van der Waals surface area contributed by atoms with Crippen LogP contribution in [-0.2, 0) is 14.6 Å². The first-order valence-electron chi connectivity index (χ1n) is 7.53. The van der Waals surface area contributed by atoms with E-state index in [0.717, 1.165) is 0 Å². The molecular weight excluding hydrogens is 356 g/mol. The molecule has 1 unspecified atom stereocenters. The SMILES string of the molecule is COCCN(C(=O)NCOc1ccc(Cl)cc1)C1CCS(=O)(=O)C1. The number of nitrogens with zero attached hydrogens (tertiary/aromatic N) is 1. The number of benzene rings is 1. The van der Waals surface area contributed by atoms with E-state index < -0.39 is 9.84 Å². The highest BCUT2D eigenvalue weighted by Gasteiger charge is 2.34. The van der Waals surface area contributed by atoms with Crippen LogP contribution in [-0.4, -0.2) is 63.9 Å². The molecule has 2 rings (SSSR count). The molecular formula is C15H21ClN2O5S. The second-order valence-corrected chi connectivity index (χ2v) is 8.13. The number of ether oxygens (including phenoxy) is 2. The van der Waals surface area contributed by atoms with Crippen LogP contribution in [0.2, 0.25) is 5.02 Å². The highest BCUT2D eigenvalue weighted by atomic mass is 35.5. The monoisotopic (exact) mass is 376 g/mol. The van der Waals surface area contributed by atoms with Gasteiger partial charge in [-0.3, -0.25) is 0 Å². The Bertz CT molecular complexity index is 650. The minimum absolute atomic E-state index is 0.0117. The standard InChI is InChI=1S/C15H21ClN2O5S/c1-22-8-7-18(13-6-9-24(20,21)10-13)15(19)17-11-23-14-4-2-12(16)3-5-14/h2-5,13H,6-11H2,1H3,(H,17,19). The Morgan fingerprint density at radius 2 is 2.08 bits per heavy atom. The topological polar surface area (TPSA) is 84.9 Å². The van der Waals surface area contributed by atoms with Crippen LogP contribution in [0.25, 0.3) is 0 Å². The summed E-state index contributed by atoms with van der Waals surface area (Å²) >= 11 is 5.79. The summed E-state index contributed by atoms with van der Waals surface area (Å²) in [6.45, 7) is 0.634. The van der Waals surface area contributed by atoms with Gasteiger partial charge in [0.1, 0.15) is 5.75 Å². The molecule has 7 nitrogen and oxygen atoms in total. The van der Waals surface area contributed by atoms with Gasteiger partial charge >= 0.3 is 6.03 Å². The molecule has 1 fully saturated rings. The molecule has 1 aromatic rings. The van der Waals surface area contributed by atoms with Gasteiger partial charge in [-0.2, -0.15) is 0 Å². The van der Waals surface area contributed by atoms with Crippen molar-refractivity contribution in [3.05, 3.63) is 29.3 Å². The van der Waals surface area contributed by atoms with Crippen molar-refractivity contribution in [1.82, 2.24) is 10.2 Å². The smallest absolute Gasteiger partial charge is 0.320 e. The number of hydrogen-bond donors (Lipinski definition) is 1. The highest BCUT2D eigenvalue weighted by Crippen LogP contribution is 2.18. The normalized spacial score (nSPS) is 19.0. The van der Waals surface area contributed by atoms with E-state index in [2.05, 4.69) is 5.32 Å². The number of carbonyl (C=O) groups excluding carboxylic acids is 1. The molecule has 1 saturated heterocycles. The van der Waals surface area contributed by atoms with E-state index in [1.807, 2.05) is 0 Å². The third-order valence-corrected chi connectivity index (χ3v) is 5.72. The van der Waals surface area contributed by atoms with Crippen molar-refractivity contribution in [2.24, 2.45) is 0 Å². The van der Waals surface area contributed by atoms with Crippen LogP contribution in [0.5, 0.6) is 5.75 Å². The quantitative estimate of drug-likeness (QED) is 0.729. The number of urea groups is 1. The molecule has 1 atom stereocenters. The number of methoxy groups -OCH3 is 1. The summed E-state index contributed by atoms with van der Waals surface area (Å²) in [7, 11) is -1.54. The highest BCUT2D eigenvalue weighted by molar-refractivity contribution is 7.91. The van der Waals surface area contributed by atoms with Gasteiger partial charge in [-0.25, -0.2) is 13.2 Å². The van der Waals surface area contributed by atoms with E-state index in [-0.39, 0.29) is 30.3 Å². The first kappa shape index (κ1) is 18.8. The summed E-state index contributed by atoms with van der Waals surface area (Å²) in [5, 5.41) is 3.24. The van der Waals surface area contributed by atoms with Crippen molar-refractivity contribution in [3.63, 3.8) is 0 Å². The number of amides is 2. The summed E-state index contributed by atoms with van der Waals surface area (Å²) in [5.74, 6) is 0.671. The Morgan fingerprint density at radius 1 is 1.38 bits per heavy atom. The van der Waals surface area contributed by atoms with Crippen molar-refractivity contribution in [2.45, 2.75) is 12.5 Å². The van der Waals surface area contributed by atoms with E-state index in [9.17, 15) is 13.2 Å². The van der Waals surface area contributed by atoms with Gasteiger partial charge in [0.05, 0.1) is 18.1 Å². The molecule has 24 heavy (non-hydrogen) atoms. The van der Waals surface area contributed by atoms with Crippen LogP contribution >= 0.6 is 11.6 Å². The first-order chi connectivity index (χ1) is 11.4. The van der Waals surface area contributed by atoms with Gasteiger partial charge in [0.25, 0.3) is 0 Å². The minimum Gasteiger partial charge on any atom is -0.473 e. The van der Waals surface area contributed by atoms with E-state index in [0.29, 0.717) is 30.3 Å². The molecule has 1 aliphatic rings. The van der Waals surface area contributed by atoms with Gasteiger partial charge in [0.2, 0.25) is 0 Å². The largest absolute Gasteiger partial charge is 0.473 e. The zero-order valence-corrected chi connectivity index (χ0v) is 15.0. The Labute approximate surface area is 146 Å². The third-order valence-electron chi connectivity index (χ3n) is 3.72. The Morgan fingerprint density at radius 3 is 2.67 bits per heavy atom. The Balaban J connectivity index is 1.88. The van der Waals surface area contributed by atoms with Crippen LogP contribution in [0.15, 0.2) is 24.3 Å². The number of hydrogen-bond acceptors (Lipinski definition) is 5. The first-order valence-corrected chi connectivity index (χ1v) is 9.73. The summed E-state index contributed by atoms with van der Waals surface area (Å²) in [5.41, 5.74) is 0. The molecule has 0 spiro atoms. The summed E-state index contributed by atoms with van der Waals surface area (Å²) < 4.78 is 33.7. The average Bonchev–Trinajstić information content (AvgIpc) is 2.89. The molecule has 0 aromatic heterocycles. The zero-order valence-electron chi connectivity index (χ0n) is 13.4. The van der Waals surface area contributed by atoms with Gasteiger partial charge < -0.3 is 19.7 Å². The fraction of sp³-hybridized carbons (Fsp3) is 0.533.